The lowest BCUT2D eigenvalue weighted by Crippen LogP contribution is -2.38. The van der Waals surface area contributed by atoms with Crippen LogP contribution >= 0.6 is 0 Å². The van der Waals surface area contributed by atoms with Crippen molar-refractivity contribution in [3.63, 3.8) is 0 Å². The molecule has 0 atom stereocenters. The summed E-state index contributed by atoms with van der Waals surface area (Å²) in [6, 6.07) is 12.2. The molecule has 6 nitrogen and oxygen atoms in total. The van der Waals surface area contributed by atoms with Crippen LogP contribution in [0.4, 0.5) is 0 Å². The molecule has 2 aromatic carbocycles. The summed E-state index contributed by atoms with van der Waals surface area (Å²) in [5, 5.41) is 0. The van der Waals surface area contributed by atoms with Crippen LogP contribution in [-0.2, 0) is 11.2 Å². The summed E-state index contributed by atoms with van der Waals surface area (Å²) < 4.78 is 23.3. The highest BCUT2D eigenvalue weighted by Crippen LogP contribution is 2.42. The highest BCUT2D eigenvalue weighted by atomic mass is 16.5. The largest absolute Gasteiger partial charge is 0.493 e. The van der Waals surface area contributed by atoms with Gasteiger partial charge in [0.15, 0.2) is 17.3 Å². The Morgan fingerprint density at radius 1 is 1.06 bits per heavy atom. The van der Waals surface area contributed by atoms with Crippen molar-refractivity contribution in [1.29, 1.82) is 0 Å². The highest BCUT2D eigenvalue weighted by Gasteiger charge is 2.23. The number of ketones is 1. The van der Waals surface area contributed by atoms with Gasteiger partial charge in [0.2, 0.25) is 5.75 Å². The van der Waals surface area contributed by atoms with Crippen molar-refractivity contribution in [2.24, 2.45) is 0 Å². The smallest absolute Gasteiger partial charge is 0.204 e. The molecule has 1 aliphatic heterocycles. The normalized spacial score (nSPS) is 14.3. The maximum atomic E-state index is 12.4. The number of benzene rings is 2. The predicted octanol–water partition coefficient (Wildman–Crippen LogP) is 3.93. The fraction of sp³-hybridized carbons (Fsp3) is 0.480. The Bertz CT molecular complexity index is 847. The van der Waals surface area contributed by atoms with Crippen LogP contribution in [0.2, 0.25) is 0 Å². The lowest BCUT2D eigenvalue weighted by molar-refractivity contribution is 0.0320. The van der Waals surface area contributed by atoms with Gasteiger partial charge in [0.25, 0.3) is 0 Å². The van der Waals surface area contributed by atoms with Crippen LogP contribution in [0, 0.1) is 6.92 Å². The predicted molar refractivity (Wildman–Crippen MR) is 121 cm³/mol. The Morgan fingerprint density at radius 3 is 2.45 bits per heavy atom. The van der Waals surface area contributed by atoms with Gasteiger partial charge >= 0.3 is 0 Å². The van der Waals surface area contributed by atoms with E-state index in [0.29, 0.717) is 36.0 Å². The number of hydrogen-bond acceptors (Lipinski definition) is 6. The van der Waals surface area contributed by atoms with Crippen molar-refractivity contribution in [3.05, 3.63) is 53.1 Å². The third-order valence-electron chi connectivity index (χ3n) is 5.43. The van der Waals surface area contributed by atoms with E-state index in [-0.39, 0.29) is 5.78 Å². The van der Waals surface area contributed by atoms with Gasteiger partial charge in [-0.05, 0) is 43.9 Å². The number of Topliss-reactive ketones (excluding diaryl/α,β-unsaturated/α-hetero) is 1. The molecule has 0 unspecified atom stereocenters. The molecule has 1 fully saturated rings. The molecule has 0 amide bonds. The molecule has 6 heteroatoms. The van der Waals surface area contributed by atoms with Crippen molar-refractivity contribution in [2.75, 3.05) is 53.2 Å². The fourth-order valence-corrected chi connectivity index (χ4v) is 3.80. The maximum absolute atomic E-state index is 12.4. The van der Waals surface area contributed by atoms with E-state index >= 15 is 0 Å². The number of carbonyl (C=O) groups excluding carboxylic acids is 1. The van der Waals surface area contributed by atoms with Crippen LogP contribution < -0.4 is 14.2 Å². The number of rotatable bonds is 11. The van der Waals surface area contributed by atoms with Crippen molar-refractivity contribution < 1.29 is 23.7 Å². The van der Waals surface area contributed by atoms with E-state index in [0.717, 1.165) is 51.3 Å². The van der Waals surface area contributed by atoms with Gasteiger partial charge in [-0.3, -0.25) is 9.69 Å². The van der Waals surface area contributed by atoms with Crippen LogP contribution in [0.3, 0.4) is 0 Å². The third kappa shape index (κ3) is 6.45. The number of hydrogen-bond donors (Lipinski definition) is 0. The van der Waals surface area contributed by atoms with E-state index in [2.05, 4.69) is 17.0 Å². The average Bonchev–Trinajstić information content (AvgIpc) is 2.78. The zero-order valence-electron chi connectivity index (χ0n) is 18.8. The molecular formula is C25H33NO5. The van der Waals surface area contributed by atoms with Crippen molar-refractivity contribution in [3.8, 4) is 17.2 Å². The lowest BCUT2D eigenvalue weighted by atomic mass is 10.0. The van der Waals surface area contributed by atoms with Gasteiger partial charge in [-0.2, -0.15) is 0 Å². The zero-order chi connectivity index (χ0) is 22.1. The number of nitrogens with zero attached hydrogens (tertiary/aromatic N) is 1. The molecule has 0 aliphatic carbocycles. The first-order chi connectivity index (χ1) is 15.1. The SMILES string of the molecule is COc1cc(C)c(C(C)=O)c(OCCN2CCOCC2)c1OCCCc1ccccc1. The first-order valence-corrected chi connectivity index (χ1v) is 10.9. The monoisotopic (exact) mass is 427 g/mol. The second kappa shape index (κ2) is 11.7. The molecule has 1 saturated heterocycles. The van der Waals surface area contributed by atoms with E-state index in [9.17, 15) is 4.79 Å². The van der Waals surface area contributed by atoms with E-state index in [4.69, 9.17) is 18.9 Å². The fourth-order valence-electron chi connectivity index (χ4n) is 3.80. The molecule has 3 rings (SSSR count). The molecule has 0 aromatic heterocycles. The van der Waals surface area contributed by atoms with E-state index in [1.807, 2.05) is 31.2 Å². The van der Waals surface area contributed by atoms with Gasteiger partial charge in [0.1, 0.15) is 6.61 Å². The van der Waals surface area contributed by atoms with Crippen molar-refractivity contribution in [2.45, 2.75) is 26.7 Å². The van der Waals surface area contributed by atoms with Gasteiger partial charge in [-0.15, -0.1) is 0 Å². The second-order valence-corrected chi connectivity index (χ2v) is 7.73. The number of carbonyl (C=O) groups is 1. The third-order valence-corrected chi connectivity index (χ3v) is 5.43. The lowest BCUT2D eigenvalue weighted by Gasteiger charge is -2.27. The van der Waals surface area contributed by atoms with Crippen LogP contribution in [0.1, 0.15) is 34.8 Å². The average molecular weight is 428 g/mol. The van der Waals surface area contributed by atoms with Gasteiger partial charge in [0, 0.05) is 19.6 Å². The minimum atomic E-state index is -0.0457. The first kappa shape index (κ1) is 23.1. The maximum Gasteiger partial charge on any atom is 0.204 e. The standard InChI is InChI=1S/C25H33NO5/c1-19-18-22(28-3)24(30-14-7-10-21-8-5-4-6-9-21)25(23(19)20(2)27)31-17-13-26-11-15-29-16-12-26/h4-6,8-9,18H,7,10-17H2,1-3H3. The minimum absolute atomic E-state index is 0.0457. The molecule has 2 aromatic rings. The van der Waals surface area contributed by atoms with E-state index in [1.165, 1.54) is 5.56 Å². The molecule has 0 bridgehead atoms. The highest BCUT2D eigenvalue weighted by molar-refractivity contribution is 5.99. The molecule has 0 saturated carbocycles. The van der Waals surface area contributed by atoms with Crippen LogP contribution in [0.15, 0.2) is 36.4 Å². The van der Waals surface area contributed by atoms with Crippen molar-refractivity contribution in [1.82, 2.24) is 4.90 Å². The molecule has 0 N–H and O–H groups in total. The molecular weight excluding hydrogens is 394 g/mol. The topological polar surface area (TPSA) is 57.2 Å². The molecule has 1 aliphatic rings. The molecule has 31 heavy (non-hydrogen) atoms. The van der Waals surface area contributed by atoms with Gasteiger partial charge in [-0.1, -0.05) is 30.3 Å². The van der Waals surface area contributed by atoms with Gasteiger partial charge in [0.05, 0.1) is 32.5 Å². The summed E-state index contributed by atoms with van der Waals surface area (Å²) in [5.74, 6) is 1.53. The zero-order valence-corrected chi connectivity index (χ0v) is 18.8. The number of aryl methyl sites for hydroxylation is 2. The van der Waals surface area contributed by atoms with E-state index in [1.54, 1.807) is 14.0 Å². The Balaban J connectivity index is 1.72. The second-order valence-electron chi connectivity index (χ2n) is 7.73. The van der Waals surface area contributed by atoms with Crippen LogP contribution in [-0.4, -0.2) is 63.9 Å². The molecule has 0 radical (unpaired) electrons. The summed E-state index contributed by atoms with van der Waals surface area (Å²) in [6.45, 7) is 8.46. The summed E-state index contributed by atoms with van der Waals surface area (Å²) in [4.78, 5) is 14.7. The van der Waals surface area contributed by atoms with Crippen LogP contribution in [0.25, 0.3) is 0 Å². The Kier molecular flexibility index (Phi) is 8.74. The Labute approximate surface area is 185 Å². The summed E-state index contributed by atoms with van der Waals surface area (Å²) in [6.07, 6.45) is 1.77. The summed E-state index contributed by atoms with van der Waals surface area (Å²) in [5.41, 5.74) is 2.65. The first-order valence-electron chi connectivity index (χ1n) is 10.9. The number of ether oxygens (including phenoxy) is 4. The number of morpholine rings is 1. The molecule has 1 heterocycles. The van der Waals surface area contributed by atoms with Crippen LogP contribution in [0.5, 0.6) is 17.2 Å². The Morgan fingerprint density at radius 2 is 1.77 bits per heavy atom. The minimum Gasteiger partial charge on any atom is -0.493 e. The number of methoxy groups -OCH3 is 1. The molecule has 168 valence electrons. The Hall–Kier alpha value is -2.57. The van der Waals surface area contributed by atoms with Gasteiger partial charge in [-0.25, -0.2) is 0 Å². The summed E-state index contributed by atoms with van der Waals surface area (Å²) in [7, 11) is 1.61. The molecule has 0 spiro atoms. The van der Waals surface area contributed by atoms with Gasteiger partial charge < -0.3 is 18.9 Å². The quantitative estimate of drug-likeness (QED) is 0.400. The van der Waals surface area contributed by atoms with Crippen molar-refractivity contribution >= 4 is 5.78 Å². The van der Waals surface area contributed by atoms with E-state index < -0.39 is 0 Å². The summed E-state index contributed by atoms with van der Waals surface area (Å²) >= 11 is 0.